The van der Waals surface area contributed by atoms with Crippen LogP contribution in [-0.2, 0) is 24.8 Å². The highest BCUT2D eigenvalue weighted by atomic mass is 35.5. The number of hydrogen-bond donors (Lipinski definition) is 0. The molecule has 0 spiro atoms. The maximum absolute atomic E-state index is 6.29. The summed E-state index contributed by atoms with van der Waals surface area (Å²) >= 11 is 9.50. The van der Waals surface area contributed by atoms with Crippen LogP contribution in [0.1, 0.15) is 37.9 Å². The summed E-state index contributed by atoms with van der Waals surface area (Å²) in [6.07, 6.45) is 0. The first-order chi connectivity index (χ1) is 15.3. The topological polar surface area (TPSA) is 52.8 Å². The van der Waals surface area contributed by atoms with Gasteiger partial charge in [0.15, 0.2) is 11.0 Å². The molecule has 0 aliphatic rings. The van der Waals surface area contributed by atoms with Crippen molar-refractivity contribution in [3.05, 3.63) is 76.0 Å². The summed E-state index contributed by atoms with van der Waals surface area (Å²) in [5, 5.41) is 13.2. The molecule has 4 rings (SSSR count). The van der Waals surface area contributed by atoms with Crippen molar-refractivity contribution < 1.29 is 4.74 Å². The van der Waals surface area contributed by atoms with E-state index in [-0.39, 0.29) is 5.41 Å². The molecule has 0 fully saturated rings. The van der Waals surface area contributed by atoms with Crippen LogP contribution in [0.2, 0.25) is 5.02 Å². The smallest absolute Gasteiger partial charge is 0.191 e. The number of hydrogen-bond acceptors (Lipinski definition) is 6. The number of thioether (sulfide) groups is 1. The molecule has 0 N–H and O–H groups in total. The van der Waals surface area contributed by atoms with Crippen LogP contribution in [0.15, 0.2) is 59.1 Å². The van der Waals surface area contributed by atoms with Gasteiger partial charge in [-0.2, -0.15) is 0 Å². The molecular formula is C24H25ClN4OS2. The lowest BCUT2D eigenvalue weighted by Crippen LogP contribution is -2.10. The molecule has 4 aromatic rings. The molecule has 5 nitrogen and oxygen atoms in total. The summed E-state index contributed by atoms with van der Waals surface area (Å²) in [7, 11) is 1.96. The summed E-state index contributed by atoms with van der Waals surface area (Å²) in [6.45, 7) is 6.97. The summed E-state index contributed by atoms with van der Waals surface area (Å²) in [5.74, 6) is 2.31. The van der Waals surface area contributed by atoms with E-state index in [4.69, 9.17) is 21.3 Å². The third-order valence-corrected chi connectivity index (χ3v) is 7.33. The second-order valence-electron chi connectivity index (χ2n) is 8.43. The Morgan fingerprint density at radius 2 is 1.81 bits per heavy atom. The van der Waals surface area contributed by atoms with Crippen LogP contribution < -0.4 is 4.74 Å². The number of halogens is 1. The molecule has 0 unspecified atom stereocenters. The lowest BCUT2D eigenvalue weighted by Gasteiger charge is -2.19. The SMILES string of the molecule is Cn1c(COc2ccc(C(C)(C)C)cc2)nnc1SCc1csc(-c2ccccc2Cl)n1. The van der Waals surface area contributed by atoms with Crippen LogP contribution in [0, 0.1) is 0 Å². The van der Waals surface area contributed by atoms with Gasteiger partial charge in [0.05, 0.1) is 10.7 Å². The van der Waals surface area contributed by atoms with Gasteiger partial charge >= 0.3 is 0 Å². The molecule has 8 heteroatoms. The number of ether oxygens (including phenoxy) is 1. The van der Waals surface area contributed by atoms with Gasteiger partial charge in [0.25, 0.3) is 0 Å². The molecule has 0 amide bonds. The quantitative estimate of drug-likeness (QED) is 0.271. The number of nitrogens with zero attached hydrogens (tertiary/aromatic N) is 4. The zero-order chi connectivity index (χ0) is 22.7. The molecule has 2 aromatic carbocycles. The molecule has 0 aliphatic carbocycles. The van der Waals surface area contributed by atoms with Gasteiger partial charge in [-0.1, -0.05) is 74.5 Å². The Balaban J connectivity index is 1.35. The first kappa shape index (κ1) is 22.8. The van der Waals surface area contributed by atoms with Gasteiger partial charge in [0.1, 0.15) is 17.4 Å². The minimum absolute atomic E-state index is 0.125. The van der Waals surface area contributed by atoms with Crippen LogP contribution in [-0.4, -0.2) is 19.7 Å². The number of benzene rings is 2. The van der Waals surface area contributed by atoms with Crippen molar-refractivity contribution in [1.29, 1.82) is 0 Å². The number of rotatable bonds is 7. The lowest BCUT2D eigenvalue weighted by atomic mass is 9.87. The highest BCUT2D eigenvalue weighted by molar-refractivity contribution is 7.98. The first-order valence-electron chi connectivity index (χ1n) is 10.2. The van der Waals surface area contributed by atoms with Crippen molar-refractivity contribution in [2.45, 2.75) is 43.7 Å². The monoisotopic (exact) mass is 484 g/mol. The molecule has 0 bridgehead atoms. The molecule has 0 aliphatic heterocycles. The van der Waals surface area contributed by atoms with E-state index in [1.54, 1.807) is 23.1 Å². The van der Waals surface area contributed by atoms with Gasteiger partial charge in [-0.3, -0.25) is 0 Å². The van der Waals surface area contributed by atoms with Crippen molar-refractivity contribution >= 4 is 34.7 Å². The average Bonchev–Trinajstić information content (AvgIpc) is 3.37. The predicted molar refractivity (Wildman–Crippen MR) is 133 cm³/mol. The Labute approximate surface area is 201 Å². The van der Waals surface area contributed by atoms with Gasteiger partial charge in [-0.15, -0.1) is 21.5 Å². The molecular weight excluding hydrogens is 460 g/mol. The van der Waals surface area contributed by atoms with Gasteiger partial charge < -0.3 is 9.30 Å². The van der Waals surface area contributed by atoms with E-state index < -0.39 is 0 Å². The Hall–Kier alpha value is -2.35. The Kier molecular flexibility index (Phi) is 6.88. The molecule has 0 saturated heterocycles. The van der Waals surface area contributed by atoms with E-state index in [2.05, 4.69) is 48.5 Å². The minimum atomic E-state index is 0.125. The number of aromatic nitrogens is 4. The van der Waals surface area contributed by atoms with Gasteiger partial charge in [0, 0.05) is 23.7 Å². The van der Waals surface area contributed by atoms with Gasteiger partial charge in [0.2, 0.25) is 0 Å². The second kappa shape index (κ2) is 9.65. The largest absolute Gasteiger partial charge is 0.486 e. The van der Waals surface area contributed by atoms with Gasteiger partial charge in [-0.25, -0.2) is 4.98 Å². The zero-order valence-corrected chi connectivity index (χ0v) is 20.9. The molecule has 0 atom stereocenters. The van der Waals surface area contributed by atoms with Crippen molar-refractivity contribution in [2.24, 2.45) is 7.05 Å². The fourth-order valence-corrected chi connectivity index (χ4v) is 5.13. The first-order valence-corrected chi connectivity index (χ1v) is 12.5. The molecule has 2 heterocycles. The van der Waals surface area contributed by atoms with E-state index in [1.165, 1.54) is 5.56 Å². The molecule has 2 aromatic heterocycles. The van der Waals surface area contributed by atoms with Gasteiger partial charge in [-0.05, 0) is 29.2 Å². The van der Waals surface area contributed by atoms with E-state index in [9.17, 15) is 0 Å². The molecule has 166 valence electrons. The van der Waals surface area contributed by atoms with Crippen LogP contribution in [0.4, 0.5) is 0 Å². The zero-order valence-electron chi connectivity index (χ0n) is 18.5. The van der Waals surface area contributed by atoms with E-state index >= 15 is 0 Å². The lowest BCUT2D eigenvalue weighted by molar-refractivity contribution is 0.290. The Bertz CT molecular complexity index is 1200. The fourth-order valence-electron chi connectivity index (χ4n) is 3.07. The van der Waals surface area contributed by atoms with Crippen LogP contribution in [0.3, 0.4) is 0 Å². The molecule has 32 heavy (non-hydrogen) atoms. The van der Waals surface area contributed by atoms with E-state index in [0.717, 1.165) is 33.0 Å². The number of thiazole rings is 1. The third-order valence-electron chi connectivity index (χ3n) is 5.02. The second-order valence-corrected chi connectivity index (χ2v) is 10.6. The maximum atomic E-state index is 6.29. The summed E-state index contributed by atoms with van der Waals surface area (Å²) in [6, 6.07) is 16.0. The van der Waals surface area contributed by atoms with Crippen molar-refractivity contribution in [3.63, 3.8) is 0 Å². The van der Waals surface area contributed by atoms with Crippen molar-refractivity contribution in [1.82, 2.24) is 19.7 Å². The minimum Gasteiger partial charge on any atom is -0.486 e. The van der Waals surface area contributed by atoms with E-state index in [1.807, 2.05) is 48.0 Å². The molecule has 0 saturated carbocycles. The normalized spacial score (nSPS) is 11.7. The Morgan fingerprint density at radius 1 is 1.06 bits per heavy atom. The summed E-state index contributed by atoms with van der Waals surface area (Å²) in [4.78, 5) is 4.72. The highest BCUT2D eigenvalue weighted by Crippen LogP contribution is 2.32. The fraction of sp³-hybridized carbons (Fsp3) is 0.292. The van der Waals surface area contributed by atoms with Crippen molar-refractivity contribution in [3.8, 4) is 16.3 Å². The average molecular weight is 485 g/mol. The third kappa shape index (κ3) is 5.34. The van der Waals surface area contributed by atoms with E-state index in [0.29, 0.717) is 17.4 Å². The highest BCUT2D eigenvalue weighted by Gasteiger charge is 2.15. The summed E-state index contributed by atoms with van der Waals surface area (Å²) in [5.41, 5.74) is 3.36. The van der Waals surface area contributed by atoms with Crippen LogP contribution in [0.25, 0.3) is 10.6 Å². The molecule has 0 radical (unpaired) electrons. The van der Waals surface area contributed by atoms with Crippen LogP contribution in [0.5, 0.6) is 5.75 Å². The van der Waals surface area contributed by atoms with Crippen molar-refractivity contribution in [2.75, 3.05) is 0 Å². The standard InChI is InChI=1S/C24H25ClN4OS2/c1-24(2,3)16-9-11-18(12-10-16)30-13-21-27-28-23(29(21)4)32-15-17-14-31-22(26-17)19-7-5-6-8-20(19)25/h5-12,14H,13,15H2,1-4H3. The van der Waals surface area contributed by atoms with Crippen LogP contribution >= 0.6 is 34.7 Å². The summed E-state index contributed by atoms with van der Waals surface area (Å²) < 4.78 is 7.89. The predicted octanol–water partition coefficient (Wildman–Crippen LogP) is 6.76. The Morgan fingerprint density at radius 3 is 2.53 bits per heavy atom. The maximum Gasteiger partial charge on any atom is 0.191 e.